The molecular weight excluding hydrogens is 286 g/mol. The highest BCUT2D eigenvalue weighted by molar-refractivity contribution is 7.89. The summed E-state index contributed by atoms with van der Waals surface area (Å²) in [4.78, 5) is 11.5. The minimum atomic E-state index is -3.66. The number of thiocarbonyl (C=S) groups is 1. The van der Waals surface area contributed by atoms with Crippen molar-refractivity contribution in [1.82, 2.24) is 5.32 Å². The van der Waals surface area contributed by atoms with Crippen molar-refractivity contribution < 1.29 is 13.2 Å². The number of hydrogen-bond acceptors (Lipinski definition) is 4. The zero-order valence-corrected chi connectivity index (χ0v) is 11.8. The molecule has 0 aromatic heterocycles. The SMILES string of the molecule is NC(=S)CC(=O)NCCc1ccc(S(N)(=O)=O)cc1. The molecule has 0 heterocycles. The lowest BCUT2D eigenvalue weighted by atomic mass is 10.1. The number of rotatable bonds is 6. The molecule has 0 atom stereocenters. The fourth-order valence-electron chi connectivity index (χ4n) is 1.41. The molecule has 0 aliphatic carbocycles. The molecule has 1 rings (SSSR count). The van der Waals surface area contributed by atoms with E-state index in [1.54, 1.807) is 12.1 Å². The van der Waals surface area contributed by atoms with Gasteiger partial charge in [-0.2, -0.15) is 0 Å². The Kier molecular flexibility index (Phi) is 5.40. The van der Waals surface area contributed by atoms with Crippen molar-refractivity contribution in [3.05, 3.63) is 29.8 Å². The Hall–Kier alpha value is -1.51. The van der Waals surface area contributed by atoms with Gasteiger partial charge in [0.25, 0.3) is 0 Å². The van der Waals surface area contributed by atoms with Crippen molar-refractivity contribution in [3.63, 3.8) is 0 Å². The second kappa shape index (κ2) is 6.60. The van der Waals surface area contributed by atoms with Gasteiger partial charge in [-0.1, -0.05) is 24.4 Å². The first-order valence-electron chi connectivity index (χ1n) is 5.46. The monoisotopic (exact) mass is 301 g/mol. The second-order valence-corrected chi connectivity index (χ2v) is 6.02. The second-order valence-electron chi connectivity index (χ2n) is 3.93. The van der Waals surface area contributed by atoms with E-state index in [9.17, 15) is 13.2 Å². The Balaban J connectivity index is 2.47. The molecule has 19 heavy (non-hydrogen) atoms. The summed E-state index contributed by atoms with van der Waals surface area (Å²) in [6.45, 7) is 0.427. The van der Waals surface area contributed by atoms with Crippen molar-refractivity contribution in [2.24, 2.45) is 10.9 Å². The first-order valence-corrected chi connectivity index (χ1v) is 7.41. The van der Waals surface area contributed by atoms with E-state index >= 15 is 0 Å². The van der Waals surface area contributed by atoms with Gasteiger partial charge >= 0.3 is 0 Å². The van der Waals surface area contributed by atoms with Crippen molar-refractivity contribution in [3.8, 4) is 0 Å². The van der Waals surface area contributed by atoms with Crippen LogP contribution in [0, 0.1) is 0 Å². The molecule has 6 nitrogen and oxygen atoms in total. The summed E-state index contributed by atoms with van der Waals surface area (Å²) in [5.41, 5.74) is 6.13. The summed E-state index contributed by atoms with van der Waals surface area (Å²) in [6.07, 6.45) is 0.605. The molecule has 0 saturated carbocycles. The molecule has 0 bridgehead atoms. The maximum Gasteiger partial charge on any atom is 0.238 e. The van der Waals surface area contributed by atoms with Gasteiger partial charge in [-0.05, 0) is 24.1 Å². The van der Waals surface area contributed by atoms with Crippen LogP contribution >= 0.6 is 12.2 Å². The molecule has 0 saturated heterocycles. The normalized spacial score (nSPS) is 11.0. The minimum Gasteiger partial charge on any atom is -0.393 e. The topological polar surface area (TPSA) is 115 Å². The summed E-state index contributed by atoms with van der Waals surface area (Å²) in [7, 11) is -3.66. The molecule has 1 aromatic rings. The number of nitrogens with one attached hydrogen (secondary N) is 1. The standard InChI is InChI=1S/C11H15N3O3S2/c12-10(18)7-11(15)14-6-5-8-1-3-9(4-2-8)19(13,16)17/h1-4H,5-7H2,(H2,12,18)(H,14,15)(H2,13,16,17). The largest absolute Gasteiger partial charge is 0.393 e. The summed E-state index contributed by atoms with van der Waals surface area (Å²) < 4.78 is 22.1. The predicted octanol–water partition coefficient (Wildman–Crippen LogP) is -0.331. The van der Waals surface area contributed by atoms with Crippen LogP contribution in [0.5, 0.6) is 0 Å². The van der Waals surface area contributed by atoms with Crippen LogP contribution in [0.15, 0.2) is 29.2 Å². The number of benzene rings is 1. The van der Waals surface area contributed by atoms with E-state index in [4.69, 9.17) is 10.9 Å². The number of hydrogen-bond donors (Lipinski definition) is 3. The van der Waals surface area contributed by atoms with Crippen LogP contribution in [0.4, 0.5) is 0 Å². The number of carbonyl (C=O) groups excluding carboxylic acids is 1. The molecule has 0 aliphatic rings. The van der Waals surface area contributed by atoms with Gasteiger partial charge in [-0.25, -0.2) is 13.6 Å². The van der Waals surface area contributed by atoms with Gasteiger partial charge in [-0.3, -0.25) is 4.79 Å². The number of sulfonamides is 1. The van der Waals surface area contributed by atoms with E-state index < -0.39 is 10.0 Å². The molecule has 8 heteroatoms. The Morgan fingerprint density at radius 1 is 1.26 bits per heavy atom. The minimum absolute atomic E-state index is 0.0275. The molecule has 0 spiro atoms. The van der Waals surface area contributed by atoms with Gasteiger partial charge in [0, 0.05) is 6.54 Å². The Morgan fingerprint density at radius 2 is 1.84 bits per heavy atom. The van der Waals surface area contributed by atoms with Gasteiger partial charge in [0.2, 0.25) is 15.9 Å². The molecule has 1 amide bonds. The molecule has 5 N–H and O–H groups in total. The number of nitrogens with two attached hydrogens (primary N) is 2. The summed E-state index contributed by atoms with van der Waals surface area (Å²) in [6, 6.07) is 6.17. The average Bonchev–Trinajstić information content (AvgIpc) is 2.27. The fourth-order valence-corrected chi connectivity index (χ4v) is 2.06. The van der Waals surface area contributed by atoms with E-state index in [0.717, 1.165) is 5.56 Å². The van der Waals surface area contributed by atoms with Crippen LogP contribution in [-0.4, -0.2) is 25.9 Å². The highest BCUT2D eigenvalue weighted by atomic mass is 32.2. The van der Waals surface area contributed by atoms with Gasteiger partial charge in [0.1, 0.15) is 0 Å². The van der Waals surface area contributed by atoms with Crippen LogP contribution in [0.25, 0.3) is 0 Å². The lowest BCUT2D eigenvalue weighted by Gasteiger charge is -2.05. The molecule has 0 fully saturated rings. The number of amides is 1. The highest BCUT2D eigenvalue weighted by Gasteiger charge is 2.07. The lowest BCUT2D eigenvalue weighted by molar-refractivity contribution is -0.119. The average molecular weight is 301 g/mol. The zero-order chi connectivity index (χ0) is 14.5. The van der Waals surface area contributed by atoms with Crippen molar-refractivity contribution in [2.45, 2.75) is 17.7 Å². The van der Waals surface area contributed by atoms with Gasteiger partial charge in [0.05, 0.1) is 16.3 Å². The first kappa shape index (κ1) is 15.5. The Bertz CT molecular complexity index is 567. The van der Waals surface area contributed by atoms with Crippen LogP contribution in [-0.2, 0) is 21.2 Å². The molecule has 104 valence electrons. The third-order valence-electron chi connectivity index (χ3n) is 2.32. The van der Waals surface area contributed by atoms with E-state index in [-0.39, 0.29) is 22.2 Å². The lowest BCUT2D eigenvalue weighted by Crippen LogP contribution is -2.29. The van der Waals surface area contributed by atoms with Crippen LogP contribution in [0.3, 0.4) is 0 Å². The molecule has 0 radical (unpaired) electrons. The number of carbonyl (C=O) groups is 1. The Morgan fingerprint density at radius 3 is 2.32 bits per heavy atom. The van der Waals surface area contributed by atoms with Crippen LogP contribution < -0.4 is 16.2 Å². The summed E-state index contributed by atoms with van der Waals surface area (Å²) in [5.74, 6) is -0.228. The van der Waals surface area contributed by atoms with Crippen molar-refractivity contribution in [1.29, 1.82) is 0 Å². The first-order chi connectivity index (χ1) is 8.79. The zero-order valence-electron chi connectivity index (χ0n) is 10.1. The van der Waals surface area contributed by atoms with E-state index in [1.165, 1.54) is 12.1 Å². The third-order valence-corrected chi connectivity index (χ3v) is 3.40. The van der Waals surface area contributed by atoms with Gasteiger partial charge < -0.3 is 11.1 Å². The predicted molar refractivity (Wildman–Crippen MR) is 75.9 cm³/mol. The van der Waals surface area contributed by atoms with E-state index in [1.807, 2.05) is 0 Å². The van der Waals surface area contributed by atoms with Crippen molar-refractivity contribution >= 4 is 33.1 Å². The number of primary sulfonamides is 1. The van der Waals surface area contributed by atoms with Crippen molar-refractivity contribution in [2.75, 3.05) is 6.54 Å². The van der Waals surface area contributed by atoms with E-state index in [2.05, 4.69) is 17.5 Å². The molecule has 1 aromatic carbocycles. The quantitative estimate of drug-likeness (QED) is 0.622. The van der Waals surface area contributed by atoms with Gasteiger partial charge in [-0.15, -0.1) is 0 Å². The highest BCUT2D eigenvalue weighted by Crippen LogP contribution is 2.08. The van der Waals surface area contributed by atoms with Crippen LogP contribution in [0.2, 0.25) is 0 Å². The van der Waals surface area contributed by atoms with E-state index in [0.29, 0.717) is 13.0 Å². The maximum absolute atomic E-state index is 11.3. The molecular formula is C11H15N3O3S2. The maximum atomic E-state index is 11.3. The Labute approximate surface area is 117 Å². The smallest absolute Gasteiger partial charge is 0.238 e. The molecule has 0 unspecified atom stereocenters. The fraction of sp³-hybridized carbons (Fsp3) is 0.273. The summed E-state index contributed by atoms with van der Waals surface area (Å²) in [5, 5.41) is 7.64. The third kappa shape index (κ3) is 5.77. The molecule has 0 aliphatic heterocycles. The van der Waals surface area contributed by atoms with Gasteiger partial charge in [0.15, 0.2) is 0 Å². The van der Waals surface area contributed by atoms with Crippen LogP contribution in [0.1, 0.15) is 12.0 Å². The summed E-state index contributed by atoms with van der Waals surface area (Å²) >= 11 is 4.61.